The smallest absolute Gasteiger partial charge is 0.133 e. The first-order chi connectivity index (χ1) is 9.19. The van der Waals surface area contributed by atoms with Crippen LogP contribution in [0.25, 0.3) is 0 Å². The molecule has 0 bridgehead atoms. The van der Waals surface area contributed by atoms with Crippen LogP contribution in [-0.4, -0.2) is 13.3 Å². The summed E-state index contributed by atoms with van der Waals surface area (Å²) in [5.41, 5.74) is 6.18. The predicted octanol–water partition coefficient (Wildman–Crippen LogP) is 4.21. The molecule has 0 saturated heterocycles. The van der Waals surface area contributed by atoms with Crippen molar-refractivity contribution in [1.82, 2.24) is 0 Å². The van der Waals surface area contributed by atoms with Crippen LogP contribution in [0.5, 0.6) is 5.75 Å². The van der Waals surface area contributed by atoms with Gasteiger partial charge in [0.05, 0.1) is 23.5 Å². The lowest BCUT2D eigenvalue weighted by Gasteiger charge is -2.03. The zero-order valence-corrected chi connectivity index (χ0v) is 12.4. The van der Waals surface area contributed by atoms with Gasteiger partial charge in [0.25, 0.3) is 0 Å². The molecule has 0 aromatic heterocycles. The van der Waals surface area contributed by atoms with Gasteiger partial charge in [0.2, 0.25) is 0 Å². The first kappa shape index (κ1) is 13.6. The summed E-state index contributed by atoms with van der Waals surface area (Å²) in [6.07, 6.45) is 1.77. The van der Waals surface area contributed by atoms with Crippen molar-refractivity contribution in [2.45, 2.75) is 6.92 Å². The largest absolute Gasteiger partial charge is 0.496 e. The predicted molar refractivity (Wildman–Crippen MR) is 83.1 cm³/mol. The molecule has 2 rings (SSSR count). The fraction of sp³-hybridized carbons (Fsp3) is 0.133. The van der Waals surface area contributed by atoms with Gasteiger partial charge < -0.3 is 4.74 Å². The lowest BCUT2D eigenvalue weighted by molar-refractivity contribution is 0.412. The van der Waals surface area contributed by atoms with Gasteiger partial charge in [0, 0.05) is 0 Å². The highest BCUT2D eigenvalue weighted by Crippen LogP contribution is 2.24. The summed E-state index contributed by atoms with van der Waals surface area (Å²) >= 11 is 3.45. The van der Waals surface area contributed by atoms with Crippen molar-refractivity contribution in [3.05, 3.63) is 58.1 Å². The standard InChI is InChI=1S/C15H15BrN2O/c1-11-3-6-13(7-4-11)18-17-10-12-5-8-15(19-2)14(16)9-12/h3-10,18H,1-2H3/b17-10-. The Bertz CT molecular complexity index is 579. The van der Waals surface area contributed by atoms with Gasteiger partial charge in [-0.25, -0.2) is 0 Å². The zero-order valence-electron chi connectivity index (χ0n) is 10.9. The van der Waals surface area contributed by atoms with Crippen molar-refractivity contribution in [2.75, 3.05) is 12.5 Å². The van der Waals surface area contributed by atoms with Crippen LogP contribution in [0.2, 0.25) is 0 Å². The first-order valence-corrected chi connectivity index (χ1v) is 6.67. The van der Waals surface area contributed by atoms with Gasteiger partial charge in [0.15, 0.2) is 0 Å². The Morgan fingerprint density at radius 1 is 1.16 bits per heavy atom. The van der Waals surface area contributed by atoms with E-state index in [1.165, 1.54) is 5.56 Å². The SMILES string of the molecule is COc1ccc(/C=N\Nc2ccc(C)cc2)cc1Br. The van der Waals surface area contributed by atoms with E-state index in [9.17, 15) is 0 Å². The van der Waals surface area contributed by atoms with Crippen LogP contribution in [0, 0.1) is 6.92 Å². The number of halogens is 1. The Morgan fingerprint density at radius 2 is 1.89 bits per heavy atom. The molecular weight excluding hydrogens is 304 g/mol. The Labute approximate surface area is 121 Å². The molecule has 0 atom stereocenters. The van der Waals surface area contributed by atoms with Crippen molar-refractivity contribution in [3.8, 4) is 5.75 Å². The zero-order chi connectivity index (χ0) is 13.7. The molecule has 2 aromatic rings. The fourth-order valence-corrected chi connectivity index (χ4v) is 2.13. The van der Waals surface area contributed by atoms with Crippen LogP contribution in [0.4, 0.5) is 5.69 Å². The molecular formula is C15H15BrN2O. The average Bonchev–Trinajstić information content (AvgIpc) is 2.41. The monoisotopic (exact) mass is 318 g/mol. The number of nitrogens with zero attached hydrogens (tertiary/aromatic N) is 1. The molecule has 1 N–H and O–H groups in total. The Morgan fingerprint density at radius 3 is 2.53 bits per heavy atom. The van der Waals surface area contributed by atoms with Crippen LogP contribution < -0.4 is 10.2 Å². The van der Waals surface area contributed by atoms with E-state index in [4.69, 9.17) is 4.74 Å². The summed E-state index contributed by atoms with van der Waals surface area (Å²) < 4.78 is 6.09. The lowest BCUT2D eigenvalue weighted by Crippen LogP contribution is -1.91. The van der Waals surface area contributed by atoms with Gasteiger partial charge in [-0.05, 0) is 58.7 Å². The maximum atomic E-state index is 5.18. The highest BCUT2D eigenvalue weighted by atomic mass is 79.9. The minimum absolute atomic E-state index is 0.809. The highest BCUT2D eigenvalue weighted by molar-refractivity contribution is 9.10. The Kier molecular flexibility index (Phi) is 4.58. The Hall–Kier alpha value is -1.81. The molecule has 0 fully saturated rings. The van der Waals surface area contributed by atoms with Crippen molar-refractivity contribution < 1.29 is 4.74 Å². The number of rotatable bonds is 4. The third-order valence-electron chi connectivity index (χ3n) is 2.63. The summed E-state index contributed by atoms with van der Waals surface area (Å²) in [7, 11) is 1.65. The van der Waals surface area contributed by atoms with E-state index in [-0.39, 0.29) is 0 Å². The average molecular weight is 319 g/mol. The number of hydrogen-bond acceptors (Lipinski definition) is 3. The van der Waals surface area contributed by atoms with Crippen LogP contribution >= 0.6 is 15.9 Å². The number of aryl methyl sites for hydroxylation is 1. The van der Waals surface area contributed by atoms with E-state index in [0.717, 1.165) is 21.5 Å². The first-order valence-electron chi connectivity index (χ1n) is 5.88. The minimum Gasteiger partial charge on any atom is -0.496 e. The molecule has 2 aromatic carbocycles. The second-order valence-corrected chi connectivity index (χ2v) is 4.98. The van der Waals surface area contributed by atoms with Gasteiger partial charge >= 0.3 is 0 Å². The molecule has 3 nitrogen and oxygen atoms in total. The molecule has 4 heteroatoms. The number of hydrazone groups is 1. The minimum atomic E-state index is 0.809. The molecule has 0 aliphatic heterocycles. The summed E-state index contributed by atoms with van der Waals surface area (Å²) in [5, 5.41) is 4.20. The second kappa shape index (κ2) is 6.38. The summed E-state index contributed by atoms with van der Waals surface area (Å²) in [6, 6.07) is 13.9. The van der Waals surface area contributed by atoms with Crippen molar-refractivity contribution in [1.29, 1.82) is 0 Å². The van der Waals surface area contributed by atoms with Crippen molar-refractivity contribution >= 4 is 27.8 Å². The van der Waals surface area contributed by atoms with Gasteiger partial charge in [0.1, 0.15) is 5.75 Å². The highest BCUT2D eigenvalue weighted by Gasteiger charge is 1.99. The third kappa shape index (κ3) is 3.83. The maximum absolute atomic E-state index is 5.18. The van der Waals surface area contributed by atoms with Gasteiger partial charge in [-0.1, -0.05) is 17.7 Å². The molecule has 0 aliphatic carbocycles. The molecule has 0 amide bonds. The van der Waals surface area contributed by atoms with E-state index < -0.39 is 0 Å². The molecule has 98 valence electrons. The third-order valence-corrected chi connectivity index (χ3v) is 3.25. The maximum Gasteiger partial charge on any atom is 0.133 e. The van der Waals surface area contributed by atoms with E-state index >= 15 is 0 Å². The van der Waals surface area contributed by atoms with Gasteiger partial charge in [-0.2, -0.15) is 5.10 Å². The summed E-state index contributed by atoms with van der Waals surface area (Å²) in [6.45, 7) is 2.06. The second-order valence-electron chi connectivity index (χ2n) is 4.13. The number of ether oxygens (including phenoxy) is 1. The topological polar surface area (TPSA) is 33.6 Å². The van der Waals surface area contributed by atoms with E-state index in [1.807, 2.05) is 42.5 Å². The van der Waals surface area contributed by atoms with Crippen LogP contribution in [0.1, 0.15) is 11.1 Å². The molecule has 0 heterocycles. The normalized spacial score (nSPS) is 10.7. The quantitative estimate of drug-likeness (QED) is 0.676. The van der Waals surface area contributed by atoms with Crippen LogP contribution in [-0.2, 0) is 0 Å². The molecule has 0 radical (unpaired) electrons. The van der Waals surface area contributed by atoms with Gasteiger partial charge in [-0.3, -0.25) is 5.43 Å². The van der Waals surface area contributed by atoms with E-state index in [2.05, 4.69) is 33.4 Å². The summed E-state index contributed by atoms with van der Waals surface area (Å²) in [4.78, 5) is 0. The molecule has 19 heavy (non-hydrogen) atoms. The van der Waals surface area contributed by atoms with E-state index in [0.29, 0.717) is 0 Å². The summed E-state index contributed by atoms with van der Waals surface area (Å²) in [5.74, 6) is 0.809. The molecule has 0 unspecified atom stereocenters. The molecule has 0 aliphatic rings. The number of nitrogens with one attached hydrogen (secondary N) is 1. The molecule has 0 saturated carbocycles. The van der Waals surface area contributed by atoms with Gasteiger partial charge in [-0.15, -0.1) is 0 Å². The van der Waals surface area contributed by atoms with Crippen molar-refractivity contribution in [3.63, 3.8) is 0 Å². The molecule has 0 spiro atoms. The van der Waals surface area contributed by atoms with Crippen LogP contribution in [0.3, 0.4) is 0 Å². The fourth-order valence-electron chi connectivity index (χ4n) is 1.57. The Balaban J connectivity index is 2.02. The van der Waals surface area contributed by atoms with Crippen molar-refractivity contribution in [2.24, 2.45) is 5.10 Å². The van der Waals surface area contributed by atoms with Crippen LogP contribution in [0.15, 0.2) is 52.0 Å². The lowest BCUT2D eigenvalue weighted by atomic mass is 10.2. The number of hydrogen-bond donors (Lipinski definition) is 1. The number of anilines is 1. The number of methoxy groups -OCH3 is 1. The van der Waals surface area contributed by atoms with E-state index in [1.54, 1.807) is 13.3 Å². The number of benzene rings is 2.